The monoisotopic (exact) mass is 574 g/mol. The molecule has 1 unspecified atom stereocenters. The molecule has 1 saturated carbocycles. The van der Waals surface area contributed by atoms with Gasteiger partial charge in [-0.05, 0) is 59.0 Å². The number of ether oxygens (including phenoxy) is 1. The molecule has 1 aromatic heterocycles. The van der Waals surface area contributed by atoms with Crippen LogP contribution in [0.4, 0.5) is 5.69 Å². The largest absolute Gasteiger partial charge is 0.486 e. The topological polar surface area (TPSA) is 65.0 Å². The predicted octanol–water partition coefficient (Wildman–Crippen LogP) is 7.13. The lowest BCUT2D eigenvalue weighted by molar-refractivity contribution is 0.194. The molecule has 0 aliphatic heterocycles. The van der Waals surface area contributed by atoms with E-state index < -0.39 is 0 Å². The number of likely N-dealkylation sites (N-methyl/N-ethyl adjacent to an activating group) is 2. The Balaban J connectivity index is 0.00000192. The number of allylic oxidation sites excluding steroid dienone is 4. The summed E-state index contributed by atoms with van der Waals surface area (Å²) in [4.78, 5) is 13.3. The summed E-state index contributed by atoms with van der Waals surface area (Å²) >= 11 is 0. The van der Waals surface area contributed by atoms with E-state index in [1.54, 1.807) is 6.20 Å². The molecule has 7 heteroatoms. The van der Waals surface area contributed by atoms with Crippen molar-refractivity contribution in [1.82, 2.24) is 20.5 Å². The maximum absolute atomic E-state index is 6.45. The molecule has 1 aliphatic carbocycles. The summed E-state index contributed by atoms with van der Waals surface area (Å²) in [6.07, 6.45) is 14.1. The molecule has 1 aromatic carbocycles. The number of aromatic nitrogens is 1. The number of amidine groups is 1. The summed E-state index contributed by atoms with van der Waals surface area (Å²) < 4.78 is 6.45. The summed E-state index contributed by atoms with van der Waals surface area (Å²) in [7, 11) is 6.18. The quantitative estimate of drug-likeness (QED) is 0.126. The summed E-state index contributed by atoms with van der Waals surface area (Å²) in [5.41, 5.74) is 4.54. The average Bonchev–Trinajstić information content (AvgIpc) is 3.90. The summed E-state index contributed by atoms with van der Waals surface area (Å²) in [5, 5.41) is 6.74. The Morgan fingerprint density at radius 2 is 1.88 bits per heavy atom. The first kappa shape index (κ1) is 34.6. The maximum Gasteiger partial charge on any atom is 0.126 e. The van der Waals surface area contributed by atoms with Crippen molar-refractivity contribution < 1.29 is 4.74 Å². The lowest BCUT2D eigenvalue weighted by Gasteiger charge is -2.29. The third-order valence-corrected chi connectivity index (χ3v) is 6.90. The van der Waals surface area contributed by atoms with Crippen molar-refractivity contribution in [1.29, 1.82) is 0 Å². The molecule has 0 radical (unpaired) electrons. The smallest absolute Gasteiger partial charge is 0.126 e. The van der Waals surface area contributed by atoms with Crippen LogP contribution in [0.3, 0.4) is 0 Å². The van der Waals surface area contributed by atoms with Gasteiger partial charge in [-0.3, -0.25) is 9.98 Å². The fraction of sp³-hybridized carbons (Fsp3) is 0.486. The molecule has 3 rings (SSSR count). The Hall–Kier alpha value is -3.58. The zero-order valence-corrected chi connectivity index (χ0v) is 27.1. The number of hydrogen-bond donors (Lipinski definition) is 2. The Bertz CT molecular complexity index is 1150. The summed E-state index contributed by atoms with van der Waals surface area (Å²) in [6, 6.07) is 12.3. The first-order chi connectivity index (χ1) is 20.3. The minimum Gasteiger partial charge on any atom is -0.486 e. The molecule has 0 amide bonds. The van der Waals surface area contributed by atoms with Gasteiger partial charge in [0.1, 0.15) is 17.7 Å². The van der Waals surface area contributed by atoms with Crippen LogP contribution < -0.4 is 20.3 Å². The Morgan fingerprint density at radius 3 is 2.48 bits per heavy atom. The van der Waals surface area contributed by atoms with Gasteiger partial charge >= 0.3 is 0 Å². The minimum atomic E-state index is -0.0680. The third-order valence-electron chi connectivity index (χ3n) is 6.90. The highest BCUT2D eigenvalue weighted by molar-refractivity contribution is 5.81. The lowest BCUT2D eigenvalue weighted by Crippen LogP contribution is -2.37. The van der Waals surface area contributed by atoms with Gasteiger partial charge in [0.2, 0.25) is 0 Å². The van der Waals surface area contributed by atoms with Gasteiger partial charge in [-0.15, -0.1) is 0 Å². The maximum atomic E-state index is 6.45. The van der Waals surface area contributed by atoms with Crippen LogP contribution in [0.25, 0.3) is 0 Å². The number of hydrogen-bond acceptors (Lipinski definition) is 6. The van der Waals surface area contributed by atoms with E-state index in [-0.39, 0.29) is 6.10 Å². The molecule has 230 valence electrons. The highest BCUT2D eigenvalue weighted by Gasteiger charge is 2.15. The van der Waals surface area contributed by atoms with Crippen molar-refractivity contribution in [3.8, 4) is 5.75 Å². The van der Waals surface area contributed by atoms with Crippen LogP contribution >= 0.6 is 0 Å². The van der Waals surface area contributed by atoms with Crippen molar-refractivity contribution >= 4 is 11.5 Å². The molecule has 1 fully saturated rings. The SMILES string of the molecule is C1CC1.C=CC(/C=C(/C)CC)=C(/NC(C)=NCC)N(C)CCN(C)c1cccc(OC(CCNC)c2cccnc2)c1. The molecule has 0 saturated heterocycles. The van der Waals surface area contributed by atoms with Gasteiger partial charge in [-0.1, -0.05) is 62.6 Å². The molecule has 2 N–H and O–H groups in total. The van der Waals surface area contributed by atoms with Gasteiger partial charge in [-0.2, -0.15) is 0 Å². The molecule has 1 heterocycles. The van der Waals surface area contributed by atoms with E-state index >= 15 is 0 Å². The van der Waals surface area contributed by atoms with E-state index in [0.29, 0.717) is 0 Å². The zero-order valence-electron chi connectivity index (χ0n) is 27.1. The van der Waals surface area contributed by atoms with Crippen LogP contribution in [0.1, 0.15) is 71.5 Å². The van der Waals surface area contributed by atoms with Crippen LogP contribution in [-0.4, -0.2) is 63.0 Å². The summed E-state index contributed by atoms with van der Waals surface area (Å²) in [6.45, 7) is 15.7. The fourth-order valence-electron chi connectivity index (χ4n) is 4.06. The van der Waals surface area contributed by atoms with Gasteiger partial charge in [0.15, 0.2) is 0 Å². The van der Waals surface area contributed by atoms with Crippen LogP contribution in [-0.2, 0) is 0 Å². The van der Waals surface area contributed by atoms with E-state index in [1.807, 2.05) is 45.3 Å². The fourth-order valence-corrected chi connectivity index (χ4v) is 4.06. The minimum absolute atomic E-state index is 0.0680. The van der Waals surface area contributed by atoms with Crippen molar-refractivity contribution in [2.75, 3.05) is 52.2 Å². The molecular weight excluding hydrogens is 520 g/mol. The predicted molar refractivity (Wildman–Crippen MR) is 180 cm³/mol. The second-order valence-electron chi connectivity index (χ2n) is 10.7. The van der Waals surface area contributed by atoms with E-state index in [1.165, 1.54) is 24.8 Å². The van der Waals surface area contributed by atoms with Crippen molar-refractivity contribution in [2.45, 2.75) is 65.9 Å². The van der Waals surface area contributed by atoms with Gasteiger partial charge in [-0.25, -0.2) is 0 Å². The van der Waals surface area contributed by atoms with Gasteiger partial charge in [0.05, 0.1) is 5.84 Å². The highest BCUT2D eigenvalue weighted by atomic mass is 16.5. The molecule has 1 aliphatic rings. The normalized spacial score (nSPS) is 14.2. The van der Waals surface area contributed by atoms with Gasteiger partial charge in [0, 0.05) is 75.4 Å². The second kappa shape index (κ2) is 19.5. The Kier molecular flexibility index (Phi) is 16.1. The Morgan fingerprint density at radius 1 is 1.12 bits per heavy atom. The molecule has 7 nitrogen and oxygen atoms in total. The van der Waals surface area contributed by atoms with Gasteiger partial charge in [0.25, 0.3) is 0 Å². The van der Waals surface area contributed by atoms with E-state index in [4.69, 9.17) is 4.74 Å². The van der Waals surface area contributed by atoms with Crippen molar-refractivity contribution in [2.24, 2.45) is 4.99 Å². The van der Waals surface area contributed by atoms with E-state index in [0.717, 1.165) is 73.3 Å². The molecule has 0 spiro atoms. The average molecular weight is 575 g/mol. The molecular formula is C35H54N6O. The van der Waals surface area contributed by atoms with Crippen LogP contribution in [0, 0.1) is 0 Å². The number of nitrogens with zero attached hydrogens (tertiary/aromatic N) is 4. The standard InChI is InChI=1S/C32H48N6O.C3H6/c1-9-25(4)22-27(10-2)32(36-26(5)35-11-3)38(8)21-20-37(7)29-15-12-16-30(23-29)39-31(17-19-33-6)28-14-13-18-34-24-28;1-2-3-1/h10,12-16,18,22-24,31,33H,2,9,11,17,19-21H2,1,3-8H3,(H,35,36);1-3H2/b25-22-,32-27+;. The number of benzene rings is 1. The number of pyridine rings is 1. The molecule has 1 atom stereocenters. The number of rotatable bonds is 16. The van der Waals surface area contributed by atoms with Crippen LogP contribution in [0.2, 0.25) is 0 Å². The third kappa shape index (κ3) is 12.9. The molecule has 42 heavy (non-hydrogen) atoms. The number of anilines is 1. The summed E-state index contributed by atoms with van der Waals surface area (Å²) in [5.74, 6) is 2.74. The second-order valence-corrected chi connectivity index (χ2v) is 10.7. The lowest BCUT2D eigenvalue weighted by atomic mass is 10.1. The van der Waals surface area contributed by atoms with Crippen LogP contribution in [0.5, 0.6) is 5.75 Å². The van der Waals surface area contributed by atoms with Crippen molar-refractivity contribution in [3.63, 3.8) is 0 Å². The Labute approximate surface area is 255 Å². The van der Waals surface area contributed by atoms with Crippen molar-refractivity contribution in [3.05, 3.63) is 90.1 Å². The number of nitrogens with one attached hydrogen (secondary N) is 2. The molecule has 0 bridgehead atoms. The van der Waals surface area contributed by atoms with E-state index in [9.17, 15) is 0 Å². The highest BCUT2D eigenvalue weighted by Crippen LogP contribution is 2.27. The number of aliphatic imine (C=N–C) groups is 1. The van der Waals surface area contributed by atoms with E-state index in [2.05, 4.69) is 95.3 Å². The zero-order chi connectivity index (χ0) is 30.7. The van der Waals surface area contributed by atoms with Gasteiger partial charge < -0.3 is 25.2 Å². The first-order valence-electron chi connectivity index (χ1n) is 15.4. The molecule has 2 aromatic rings. The van der Waals surface area contributed by atoms with Crippen LogP contribution in [0.15, 0.2) is 89.5 Å². The first-order valence-corrected chi connectivity index (χ1v) is 15.4.